The Morgan fingerprint density at radius 3 is 0.914 bits per heavy atom. The molecule has 0 fully saturated rings. The summed E-state index contributed by atoms with van der Waals surface area (Å²) >= 11 is 0. The Morgan fingerprint density at radius 2 is 0.642 bits per heavy atom. The van der Waals surface area contributed by atoms with Crippen molar-refractivity contribution >= 4 is 46.8 Å². The summed E-state index contributed by atoms with van der Waals surface area (Å²) in [5, 5.41) is 8.61. The lowest BCUT2D eigenvalue weighted by Gasteiger charge is -2.21. The Labute approximate surface area is 474 Å². The lowest BCUT2D eigenvalue weighted by molar-refractivity contribution is -0.121. The zero-order chi connectivity index (χ0) is 59.4. The minimum Gasteiger partial charge on any atom is -0.496 e. The van der Waals surface area contributed by atoms with E-state index in [0.29, 0.717) is 99.8 Å². The molecule has 15 N–H and O–H groups in total. The number of ketones is 4. The van der Waals surface area contributed by atoms with Crippen molar-refractivity contribution in [3.05, 3.63) is 117 Å². The van der Waals surface area contributed by atoms with Gasteiger partial charge in [0, 0.05) is 25.7 Å². The average molecular weight is 1120 g/mol. The summed E-state index contributed by atoms with van der Waals surface area (Å²) in [6.45, 7) is 1.60. The van der Waals surface area contributed by atoms with Crippen molar-refractivity contribution in [1.29, 1.82) is 0 Å². The number of ether oxygens (including phenoxy) is 4. The monoisotopic (exact) mass is 1120 g/mol. The number of carbonyl (C=O) groups is 8. The molecule has 21 heteroatoms. The Hall–Kier alpha value is -7.56. The van der Waals surface area contributed by atoms with Gasteiger partial charge >= 0.3 is 0 Å². The summed E-state index contributed by atoms with van der Waals surface area (Å²) in [5.74, 6) is -2.98. The predicted octanol–water partition coefficient (Wildman–Crippen LogP) is 3.51. The quantitative estimate of drug-likeness (QED) is 0.0289. The third kappa shape index (κ3) is 20.5. The first-order valence-corrected chi connectivity index (χ1v) is 27.5. The normalized spacial score (nSPS) is 12.5. The van der Waals surface area contributed by atoms with Crippen molar-refractivity contribution < 1.29 is 57.3 Å². The van der Waals surface area contributed by atoms with Gasteiger partial charge in [0.05, 0.1) is 74.9 Å². The molecule has 0 radical (unpaired) electrons. The molecule has 0 unspecified atom stereocenters. The highest BCUT2D eigenvalue weighted by Crippen LogP contribution is 2.26. The Bertz CT molecular complexity index is 2790. The SMILES string of the molecule is COc1ccc(CC(=O)[C@@H](CCCCN)NC(=O)c2cc(CC(=O)[C@@H](CCCCN)NC(=O)c3cc(CC(=O)[C@@H](CCCCN)NC(=O)c4cc(CC(=O)[C@H](N)CCCCN)ccc4OC)ccc3OC)ccc2OC)cc1C(N)=O. The van der Waals surface area contributed by atoms with E-state index in [1.165, 1.54) is 46.6 Å². The molecule has 0 aliphatic rings. The summed E-state index contributed by atoms with van der Waals surface area (Å²) in [6, 6.07) is 15.2. The Balaban J connectivity index is 1.55. The minimum atomic E-state index is -1.02. The molecule has 4 atom stereocenters. The van der Waals surface area contributed by atoms with E-state index in [-0.39, 0.29) is 113 Å². The average Bonchev–Trinajstić information content (AvgIpc) is 3.48. The van der Waals surface area contributed by atoms with Gasteiger partial charge in [0.1, 0.15) is 23.0 Å². The first-order chi connectivity index (χ1) is 38.9. The molecular weight excluding hydrogens is 1040 g/mol. The molecule has 0 saturated carbocycles. The molecule has 0 aromatic heterocycles. The van der Waals surface area contributed by atoms with Gasteiger partial charge in [-0.2, -0.15) is 0 Å². The lowest BCUT2D eigenvalue weighted by Crippen LogP contribution is -2.42. The lowest BCUT2D eigenvalue weighted by atomic mass is 9.95. The second kappa shape index (κ2) is 34.6. The molecule has 0 aliphatic heterocycles. The van der Waals surface area contributed by atoms with Gasteiger partial charge in [0.25, 0.3) is 23.6 Å². The van der Waals surface area contributed by atoms with Crippen LogP contribution in [0.2, 0.25) is 0 Å². The van der Waals surface area contributed by atoms with Crippen molar-refractivity contribution in [1.82, 2.24) is 16.0 Å². The number of amides is 4. The Kier molecular flexibility index (Phi) is 28.1. The molecular formula is C60H83N9O12. The van der Waals surface area contributed by atoms with Crippen LogP contribution in [-0.2, 0) is 44.9 Å². The van der Waals surface area contributed by atoms with E-state index in [4.69, 9.17) is 53.3 Å². The minimum absolute atomic E-state index is 0.00612. The zero-order valence-electron chi connectivity index (χ0n) is 47.2. The number of primary amides is 1. The second-order valence-corrected chi connectivity index (χ2v) is 19.9. The smallest absolute Gasteiger partial charge is 0.255 e. The third-order valence-electron chi connectivity index (χ3n) is 13.9. The molecule has 0 saturated heterocycles. The van der Waals surface area contributed by atoms with Crippen LogP contribution in [0.25, 0.3) is 0 Å². The maximum atomic E-state index is 14.3. The molecule has 0 aliphatic carbocycles. The number of hydrogen-bond donors (Lipinski definition) is 9. The van der Waals surface area contributed by atoms with E-state index in [1.807, 2.05) is 0 Å². The van der Waals surface area contributed by atoms with E-state index >= 15 is 0 Å². The second-order valence-electron chi connectivity index (χ2n) is 19.9. The van der Waals surface area contributed by atoms with Gasteiger partial charge in [0.2, 0.25) is 0 Å². The van der Waals surface area contributed by atoms with E-state index in [1.54, 1.807) is 54.6 Å². The summed E-state index contributed by atoms with van der Waals surface area (Å²) in [4.78, 5) is 110. The first kappa shape index (κ1) is 66.0. The number of unbranched alkanes of at least 4 members (excludes halogenated alkanes) is 4. The number of nitrogens with one attached hydrogen (secondary N) is 3. The van der Waals surface area contributed by atoms with Gasteiger partial charge in [-0.1, -0.05) is 30.7 Å². The summed E-state index contributed by atoms with van der Waals surface area (Å²) in [5.41, 5.74) is 37.0. The molecule has 440 valence electrons. The van der Waals surface area contributed by atoms with Crippen molar-refractivity contribution in [2.24, 2.45) is 34.4 Å². The number of carbonyl (C=O) groups excluding carboxylic acids is 8. The highest BCUT2D eigenvalue weighted by Gasteiger charge is 2.29. The fourth-order valence-electron chi connectivity index (χ4n) is 9.29. The van der Waals surface area contributed by atoms with Crippen LogP contribution in [0.5, 0.6) is 23.0 Å². The van der Waals surface area contributed by atoms with Crippen molar-refractivity contribution in [2.45, 2.75) is 127 Å². The molecule has 4 aromatic carbocycles. The molecule has 4 aromatic rings. The summed E-state index contributed by atoms with van der Waals surface area (Å²) < 4.78 is 21.9. The number of benzene rings is 4. The van der Waals surface area contributed by atoms with Gasteiger partial charge in [-0.05, 0) is 168 Å². The fourth-order valence-corrected chi connectivity index (χ4v) is 9.29. The fraction of sp³-hybridized carbons (Fsp3) is 0.467. The number of rotatable bonds is 39. The van der Waals surface area contributed by atoms with Crippen molar-refractivity contribution in [3.63, 3.8) is 0 Å². The molecule has 81 heavy (non-hydrogen) atoms. The maximum absolute atomic E-state index is 14.3. The molecule has 0 spiro atoms. The van der Waals surface area contributed by atoms with E-state index < -0.39 is 47.8 Å². The highest BCUT2D eigenvalue weighted by atomic mass is 16.5. The van der Waals surface area contributed by atoms with E-state index in [2.05, 4.69) is 16.0 Å². The number of methoxy groups -OCH3 is 4. The van der Waals surface area contributed by atoms with Gasteiger partial charge in [-0.3, -0.25) is 38.4 Å². The van der Waals surface area contributed by atoms with Crippen LogP contribution in [0.15, 0.2) is 72.8 Å². The Morgan fingerprint density at radius 1 is 0.383 bits per heavy atom. The predicted molar refractivity (Wildman–Crippen MR) is 309 cm³/mol. The standard InChI is InChI=1S/C60H83N9O12/c1-78-53-21-17-37(29-41(53)57(66)74)34-50(71)46(14-6-10-26-62)67-59(76)43-31-39(19-23-55(43)80-3)36-52(73)48(16-8-12-28-64)69-60(77)44-32-40(20-24-56(44)81-4)35-51(72)47(15-7-11-27-63)68-58(75)42-30-38(18-22-54(42)79-2)33-49(70)45(65)13-5-9-25-61/h17-24,29-32,45-48H,5-16,25-28,33-36,61-65H2,1-4H3,(H2,66,74)(H,67,76)(H,68,75)(H,69,77)/t45-,46-,47-,48-/m1/s1. The molecule has 4 rings (SSSR count). The van der Waals surface area contributed by atoms with Crippen molar-refractivity contribution in [3.8, 4) is 23.0 Å². The van der Waals surface area contributed by atoms with Crippen LogP contribution in [-0.4, -0.2) is 126 Å². The van der Waals surface area contributed by atoms with Gasteiger partial charge in [0.15, 0.2) is 23.1 Å². The van der Waals surface area contributed by atoms with E-state index in [9.17, 15) is 38.4 Å². The van der Waals surface area contributed by atoms with Crippen LogP contribution >= 0.6 is 0 Å². The molecule has 4 amide bonds. The van der Waals surface area contributed by atoms with Crippen LogP contribution in [0.1, 0.15) is 141 Å². The molecule has 0 bridgehead atoms. The largest absolute Gasteiger partial charge is 0.496 e. The number of hydrogen-bond acceptors (Lipinski definition) is 17. The van der Waals surface area contributed by atoms with Gasteiger partial charge in [-0.15, -0.1) is 0 Å². The highest BCUT2D eigenvalue weighted by molar-refractivity contribution is 6.03. The summed E-state index contributed by atoms with van der Waals surface area (Å²) in [6.07, 6.45) is 5.47. The topological polar surface area (TPSA) is 366 Å². The van der Waals surface area contributed by atoms with Crippen LogP contribution < -0.4 is 69.3 Å². The zero-order valence-corrected chi connectivity index (χ0v) is 47.2. The first-order valence-electron chi connectivity index (χ1n) is 27.5. The third-order valence-corrected chi connectivity index (χ3v) is 13.9. The maximum Gasteiger partial charge on any atom is 0.255 e. The van der Waals surface area contributed by atoms with Crippen LogP contribution in [0, 0.1) is 0 Å². The molecule has 21 nitrogen and oxygen atoms in total. The van der Waals surface area contributed by atoms with Crippen LogP contribution in [0.3, 0.4) is 0 Å². The summed E-state index contributed by atoms with van der Waals surface area (Å²) in [7, 11) is 5.59. The van der Waals surface area contributed by atoms with Gasteiger partial charge < -0.3 is 69.3 Å². The number of nitrogens with two attached hydrogens (primary N) is 6. The molecule has 0 heterocycles. The van der Waals surface area contributed by atoms with Crippen LogP contribution in [0.4, 0.5) is 0 Å². The van der Waals surface area contributed by atoms with E-state index in [0.717, 1.165) is 6.42 Å². The van der Waals surface area contributed by atoms with Gasteiger partial charge in [-0.25, -0.2) is 0 Å². The number of Topliss-reactive ketones (excluding diaryl/α,β-unsaturated/α-hetero) is 4. The van der Waals surface area contributed by atoms with Crippen molar-refractivity contribution in [2.75, 3.05) is 54.6 Å².